The molecule has 0 atom stereocenters. The number of benzene rings is 2. The number of piperazine rings is 1. The highest BCUT2D eigenvalue weighted by Gasteiger charge is 2.30. The van der Waals surface area contributed by atoms with E-state index in [9.17, 15) is 13.2 Å². The number of oxazole rings is 1. The zero-order valence-corrected chi connectivity index (χ0v) is 20.5. The monoisotopic (exact) mass is 494 g/mol. The fourth-order valence-corrected chi connectivity index (χ4v) is 5.55. The largest absolute Gasteiger partial charge is 0.419 e. The van der Waals surface area contributed by atoms with E-state index in [1.165, 1.54) is 32.6 Å². The van der Waals surface area contributed by atoms with Crippen molar-refractivity contribution in [2.45, 2.75) is 18.7 Å². The van der Waals surface area contributed by atoms with Crippen molar-refractivity contribution in [2.24, 2.45) is 7.05 Å². The number of hydrogen-bond acceptors (Lipinski definition) is 8. The quantitative estimate of drug-likeness (QED) is 0.451. The van der Waals surface area contributed by atoms with Gasteiger partial charge in [0.15, 0.2) is 5.58 Å². The van der Waals surface area contributed by atoms with E-state index < -0.39 is 15.8 Å². The predicted molar refractivity (Wildman–Crippen MR) is 134 cm³/mol. The van der Waals surface area contributed by atoms with Crippen LogP contribution in [0.3, 0.4) is 0 Å². The highest BCUT2D eigenvalue weighted by Crippen LogP contribution is 2.24. The third kappa shape index (κ3) is 4.52. The number of aryl methyl sites for hydroxylation is 3. The van der Waals surface area contributed by atoms with Crippen LogP contribution in [0.4, 0.5) is 17.5 Å². The minimum absolute atomic E-state index is 0.136. The van der Waals surface area contributed by atoms with Crippen LogP contribution < -0.4 is 16.0 Å². The lowest BCUT2D eigenvalue weighted by atomic mass is 10.2. The normalized spacial score (nSPS) is 15.0. The van der Waals surface area contributed by atoms with E-state index in [0.29, 0.717) is 43.2 Å². The SMILES string of the molecule is Cc1ccc(Nc2nc(C)cc(N3CCN(S(=O)(=O)c4ccc5oc(=O)n(C)c5c4)CC3)n2)cc1. The Balaban J connectivity index is 1.32. The fourth-order valence-electron chi connectivity index (χ4n) is 4.11. The fraction of sp³-hybridized carbons (Fsp3) is 0.292. The number of fused-ring (bicyclic) bond motifs is 1. The van der Waals surface area contributed by atoms with Gasteiger partial charge in [-0.15, -0.1) is 0 Å². The number of nitrogens with zero attached hydrogens (tertiary/aromatic N) is 5. The van der Waals surface area contributed by atoms with E-state index in [0.717, 1.165) is 17.2 Å². The summed E-state index contributed by atoms with van der Waals surface area (Å²) in [5.41, 5.74) is 3.69. The first-order chi connectivity index (χ1) is 16.7. The van der Waals surface area contributed by atoms with Gasteiger partial charge in [0.05, 0.1) is 10.4 Å². The summed E-state index contributed by atoms with van der Waals surface area (Å²) in [4.78, 5) is 23.1. The summed E-state index contributed by atoms with van der Waals surface area (Å²) in [6.07, 6.45) is 0. The molecule has 3 heterocycles. The molecule has 182 valence electrons. The molecule has 4 aromatic rings. The summed E-state index contributed by atoms with van der Waals surface area (Å²) in [7, 11) is -2.17. The van der Waals surface area contributed by atoms with Crippen LogP contribution >= 0.6 is 0 Å². The van der Waals surface area contributed by atoms with Crippen LogP contribution in [0.2, 0.25) is 0 Å². The van der Waals surface area contributed by atoms with Crippen LogP contribution in [-0.2, 0) is 17.1 Å². The summed E-state index contributed by atoms with van der Waals surface area (Å²) in [6, 6.07) is 14.4. The van der Waals surface area contributed by atoms with Gasteiger partial charge in [-0.25, -0.2) is 18.2 Å². The number of anilines is 3. The van der Waals surface area contributed by atoms with E-state index in [-0.39, 0.29) is 4.90 Å². The molecule has 0 radical (unpaired) electrons. The van der Waals surface area contributed by atoms with Gasteiger partial charge in [0.2, 0.25) is 16.0 Å². The Kier molecular flexibility index (Phi) is 5.81. The maximum Gasteiger partial charge on any atom is 0.419 e. The van der Waals surface area contributed by atoms with Gasteiger partial charge in [0, 0.05) is 50.7 Å². The number of hydrogen-bond donors (Lipinski definition) is 1. The lowest BCUT2D eigenvalue weighted by molar-refractivity contribution is 0.384. The van der Waals surface area contributed by atoms with Gasteiger partial charge in [0.1, 0.15) is 5.82 Å². The number of aromatic nitrogens is 3. The van der Waals surface area contributed by atoms with E-state index >= 15 is 0 Å². The molecule has 0 amide bonds. The van der Waals surface area contributed by atoms with Crippen molar-refractivity contribution < 1.29 is 12.8 Å². The molecule has 0 saturated carbocycles. The summed E-state index contributed by atoms with van der Waals surface area (Å²) >= 11 is 0. The molecule has 11 heteroatoms. The minimum atomic E-state index is -3.72. The molecule has 1 fully saturated rings. The molecular weight excluding hydrogens is 468 g/mol. The molecule has 0 aliphatic carbocycles. The average Bonchev–Trinajstić information content (AvgIpc) is 3.13. The molecular formula is C24H26N6O4S. The molecule has 1 saturated heterocycles. The first-order valence-corrected chi connectivity index (χ1v) is 12.7. The van der Waals surface area contributed by atoms with Crippen molar-refractivity contribution in [1.29, 1.82) is 0 Å². The van der Waals surface area contributed by atoms with Crippen molar-refractivity contribution in [2.75, 3.05) is 36.4 Å². The van der Waals surface area contributed by atoms with Crippen LogP contribution in [0.5, 0.6) is 0 Å². The van der Waals surface area contributed by atoms with E-state index in [4.69, 9.17) is 4.42 Å². The highest BCUT2D eigenvalue weighted by atomic mass is 32.2. The second kappa shape index (κ2) is 8.82. The molecule has 2 aromatic heterocycles. The van der Waals surface area contributed by atoms with Crippen molar-refractivity contribution >= 4 is 38.6 Å². The molecule has 35 heavy (non-hydrogen) atoms. The zero-order valence-electron chi connectivity index (χ0n) is 19.7. The Hall–Kier alpha value is -3.70. The van der Waals surface area contributed by atoms with Crippen molar-refractivity contribution in [3.8, 4) is 0 Å². The van der Waals surface area contributed by atoms with Gasteiger partial charge in [-0.2, -0.15) is 9.29 Å². The first kappa shape index (κ1) is 23.1. The summed E-state index contributed by atoms with van der Waals surface area (Å²) in [5, 5.41) is 3.24. The van der Waals surface area contributed by atoms with E-state index in [1.54, 1.807) is 7.05 Å². The standard InChI is InChI=1S/C24H26N6O4S/c1-16-4-6-18(7-5-16)26-23-25-17(2)14-22(27-23)29-10-12-30(13-11-29)35(32,33)19-8-9-21-20(15-19)28(3)24(31)34-21/h4-9,14-15H,10-13H2,1-3H3,(H,25,26,27). The van der Waals surface area contributed by atoms with Crippen LogP contribution in [-0.4, -0.2) is 53.4 Å². The Labute approximate surface area is 202 Å². The predicted octanol–water partition coefficient (Wildman–Crippen LogP) is 2.79. The smallest absolute Gasteiger partial charge is 0.408 e. The summed E-state index contributed by atoms with van der Waals surface area (Å²) in [5.74, 6) is 0.719. The maximum atomic E-state index is 13.3. The molecule has 1 aliphatic rings. The molecule has 0 bridgehead atoms. The van der Waals surface area contributed by atoms with Crippen molar-refractivity contribution in [3.63, 3.8) is 0 Å². The summed E-state index contributed by atoms with van der Waals surface area (Å²) < 4.78 is 34.4. The van der Waals surface area contributed by atoms with Crippen LogP contribution in [0.1, 0.15) is 11.3 Å². The Bertz CT molecular complexity index is 1550. The van der Waals surface area contributed by atoms with Crippen molar-refractivity contribution in [1.82, 2.24) is 18.8 Å². The second-order valence-electron chi connectivity index (χ2n) is 8.63. The molecule has 0 unspecified atom stereocenters. The van der Waals surface area contributed by atoms with E-state index in [2.05, 4.69) is 20.2 Å². The third-order valence-corrected chi connectivity index (χ3v) is 8.01. The lowest BCUT2D eigenvalue weighted by Crippen LogP contribution is -2.49. The van der Waals surface area contributed by atoms with Gasteiger partial charge in [-0.1, -0.05) is 17.7 Å². The number of sulfonamides is 1. The molecule has 1 aliphatic heterocycles. The van der Waals surface area contributed by atoms with Gasteiger partial charge >= 0.3 is 5.76 Å². The average molecular weight is 495 g/mol. The molecule has 2 aromatic carbocycles. The zero-order chi connectivity index (χ0) is 24.7. The van der Waals surface area contributed by atoms with Crippen LogP contribution in [0.25, 0.3) is 11.1 Å². The van der Waals surface area contributed by atoms with Gasteiger partial charge in [0.25, 0.3) is 0 Å². The molecule has 10 nitrogen and oxygen atoms in total. The molecule has 0 spiro atoms. The number of nitrogens with one attached hydrogen (secondary N) is 1. The minimum Gasteiger partial charge on any atom is -0.408 e. The van der Waals surface area contributed by atoms with Crippen LogP contribution in [0, 0.1) is 13.8 Å². The van der Waals surface area contributed by atoms with Gasteiger partial charge < -0.3 is 14.6 Å². The third-order valence-electron chi connectivity index (χ3n) is 6.11. The highest BCUT2D eigenvalue weighted by molar-refractivity contribution is 7.89. The first-order valence-electron chi connectivity index (χ1n) is 11.2. The van der Waals surface area contributed by atoms with Crippen molar-refractivity contribution in [3.05, 3.63) is 70.3 Å². The Morgan fingerprint density at radius 3 is 2.37 bits per heavy atom. The van der Waals surface area contributed by atoms with Crippen LogP contribution in [0.15, 0.2) is 62.6 Å². The van der Waals surface area contributed by atoms with Gasteiger partial charge in [-0.05, 0) is 44.2 Å². The topological polar surface area (TPSA) is 114 Å². The van der Waals surface area contributed by atoms with E-state index in [1.807, 2.05) is 44.2 Å². The lowest BCUT2D eigenvalue weighted by Gasteiger charge is -2.34. The Morgan fingerprint density at radius 2 is 1.66 bits per heavy atom. The maximum absolute atomic E-state index is 13.3. The Morgan fingerprint density at radius 1 is 0.943 bits per heavy atom. The molecule has 1 N–H and O–H groups in total. The summed E-state index contributed by atoms with van der Waals surface area (Å²) in [6.45, 7) is 5.55. The molecule has 5 rings (SSSR count). The van der Waals surface area contributed by atoms with Gasteiger partial charge in [-0.3, -0.25) is 4.57 Å². The number of rotatable bonds is 5. The second-order valence-corrected chi connectivity index (χ2v) is 10.6.